The van der Waals surface area contributed by atoms with Crippen LogP contribution in [0.3, 0.4) is 0 Å². The fourth-order valence-corrected chi connectivity index (χ4v) is 3.82. The molecular formula is C19H18N4O2S. The largest absolute Gasteiger partial charge is 0.461 e. The molecule has 132 valence electrons. The molecule has 0 aliphatic carbocycles. The molecule has 0 spiro atoms. The lowest BCUT2D eigenvalue weighted by Gasteiger charge is -2.08. The molecule has 0 amide bonds. The van der Waals surface area contributed by atoms with E-state index in [0.717, 1.165) is 32.9 Å². The number of nitrogens with zero attached hydrogens (tertiary/aromatic N) is 3. The Balaban J connectivity index is 1.63. The van der Waals surface area contributed by atoms with Gasteiger partial charge in [-0.05, 0) is 37.1 Å². The summed E-state index contributed by atoms with van der Waals surface area (Å²) in [4.78, 5) is 15.9. The molecule has 4 aromatic rings. The first kappa shape index (κ1) is 16.7. The highest BCUT2D eigenvalue weighted by Crippen LogP contribution is 2.25. The smallest absolute Gasteiger partial charge is 0.200 e. The molecule has 7 heteroatoms. The van der Waals surface area contributed by atoms with Gasteiger partial charge in [-0.1, -0.05) is 23.9 Å². The highest BCUT2D eigenvalue weighted by molar-refractivity contribution is 7.98. The van der Waals surface area contributed by atoms with Crippen molar-refractivity contribution < 1.29 is 4.42 Å². The fraction of sp³-hybridized carbons (Fsp3) is 0.211. The molecule has 6 nitrogen and oxygen atoms in total. The van der Waals surface area contributed by atoms with E-state index < -0.39 is 0 Å². The first-order chi connectivity index (χ1) is 12.5. The zero-order chi connectivity index (χ0) is 18.3. The molecule has 0 aliphatic rings. The number of H-pyrrole nitrogens is 1. The Morgan fingerprint density at radius 2 is 2.00 bits per heavy atom. The number of furan rings is 1. The van der Waals surface area contributed by atoms with Gasteiger partial charge in [0.15, 0.2) is 22.2 Å². The molecule has 3 heterocycles. The molecular weight excluding hydrogens is 348 g/mol. The van der Waals surface area contributed by atoms with Crippen LogP contribution in [0.1, 0.15) is 16.8 Å². The summed E-state index contributed by atoms with van der Waals surface area (Å²) in [6.45, 7) is 3.97. The quantitative estimate of drug-likeness (QED) is 0.556. The van der Waals surface area contributed by atoms with Crippen molar-refractivity contribution in [2.45, 2.75) is 24.8 Å². The Morgan fingerprint density at radius 3 is 2.77 bits per heavy atom. The van der Waals surface area contributed by atoms with Crippen LogP contribution in [0.15, 0.2) is 51.0 Å². The maximum atomic E-state index is 12.5. The minimum Gasteiger partial charge on any atom is -0.461 e. The maximum Gasteiger partial charge on any atom is 0.200 e. The molecule has 0 saturated heterocycles. The van der Waals surface area contributed by atoms with Crippen LogP contribution in [0.5, 0.6) is 0 Å². The predicted molar refractivity (Wildman–Crippen MR) is 102 cm³/mol. The second kappa shape index (κ2) is 6.49. The molecule has 0 bridgehead atoms. The van der Waals surface area contributed by atoms with Crippen molar-refractivity contribution in [3.05, 3.63) is 63.6 Å². The minimum atomic E-state index is 0.0461. The van der Waals surface area contributed by atoms with Crippen LogP contribution >= 0.6 is 11.8 Å². The number of aryl methyl sites for hydroxylation is 2. The summed E-state index contributed by atoms with van der Waals surface area (Å²) in [6, 6.07) is 9.36. The van der Waals surface area contributed by atoms with Crippen molar-refractivity contribution in [2.75, 3.05) is 0 Å². The van der Waals surface area contributed by atoms with Crippen LogP contribution in [0.25, 0.3) is 22.5 Å². The van der Waals surface area contributed by atoms with Gasteiger partial charge in [-0.15, -0.1) is 10.2 Å². The van der Waals surface area contributed by atoms with E-state index in [4.69, 9.17) is 4.42 Å². The summed E-state index contributed by atoms with van der Waals surface area (Å²) in [6.07, 6.45) is 1.61. The minimum absolute atomic E-state index is 0.0461. The lowest BCUT2D eigenvalue weighted by Crippen LogP contribution is -2.07. The number of benzene rings is 1. The second-order valence-corrected chi connectivity index (χ2v) is 7.18. The van der Waals surface area contributed by atoms with Crippen LogP contribution in [-0.4, -0.2) is 19.7 Å². The van der Waals surface area contributed by atoms with Crippen LogP contribution in [-0.2, 0) is 12.8 Å². The molecule has 0 radical (unpaired) electrons. The average Bonchev–Trinajstić information content (AvgIpc) is 3.26. The molecule has 0 saturated carbocycles. The maximum absolute atomic E-state index is 12.5. The summed E-state index contributed by atoms with van der Waals surface area (Å²) in [5.74, 6) is 1.95. The molecule has 0 fully saturated rings. The first-order valence-corrected chi connectivity index (χ1v) is 9.21. The third-order valence-corrected chi connectivity index (χ3v) is 5.46. The van der Waals surface area contributed by atoms with E-state index in [1.165, 1.54) is 11.8 Å². The number of hydrogen-bond acceptors (Lipinski definition) is 5. The molecule has 26 heavy (non-hydrogen) atoms. The van der Waals surface area contributed by atoms with Gasteiger partial charge in [0.2, 0.25) is 0 Å². The van der Waals surface area contributed by atoms with E-state index in [1.54, 1.807) is 12.3 Å². The lowest BCUT2D eigenvalue weighted by atomic mass is 10.0. The van der Waals surface area contributed by atoms with Gasteiger partial charge in [0.25, 0.3) is 0 Å². The predicted octanol–water partition coefficient (Wildman–Crippen LogP) is 3.83. The number of rotatable bonds is 4. The van der Waals surface area contributed by atoms with E-state index in [-0.39, 0.29) is 5.43 Å². The van der Waals surface area contributed by atoms with Gasteiger partial charge in [-0.3, -0.25) is 4.79 Å². The van der Waals surface area contributed by atoms with Crippen molar-refractivity contribution in [1.82, 2.24) is 19.7 Å². The first-order valence-electron chi connectivity index (χ1n) is 8.23. The monoisotopic (exact) mass is 366 g/mol. The van der Waals surface area contributed by atoms with E-state index in [9.17, 15) is 4.79 Å². The number of aromatic amines is 1. The van der Waals surface area contributed by atoms with Gasteiger partial charge in [0.1, 0.15) is 0 Å². The van der Waals surface area contributed by atoms with Gasteiger partial charge in [-0.2, -0.15) is 0 Å². The van der Waals surface area contributed by atoms with Gasteiger partial charge < -0.3 is 14.0 Å². The molecule has 0 unspecified atom stereocenters. The molecule has 0 atom stereocenters. The topological polar surface area (TPSA) is 76.7 Å². The van der Waals surface area contributed by atoms with Crippen molar-refractivity contribution >= 4 is 22.7 Å². The number of pyridine rings is 1. The normalized spacial score (nSPS) is 11.3. The van der Waals surface area contributed by atoms with Gasteiger partial charge in [-0.25, -0.2) is 0 Å². The SMILES string of the molecule is Cc1ccc(C)c2c(=O)cc(CSc3nnc(-c4ccco4)n3C)[nH]c12. The zero-order valence-electron chi connectivity index (χ0n) is 14.7. The third kappa shape index (κ3) is 2.84. The molecule has 4 rings (SSSR count). The Bertz CT molecular complexity index is 1140. The average molecular weight is 366 g/mol. The van der Waals surface area contributed by atoms with Gasteiger partial charge in [0, 0.05) is 29.9 Å². The summed E-state index contributed by atoms with van der Waals surface area (Å²) < 4.78 is 7.27. The van der Waals surface area contributed by atoms with Gasteiger partial charge >= 0.3 is 0 Å². The Hall–Kier alpha value is -2.80. The third-order valence-electron chi connectivity index (χ3n) is 4.39. The molecule has 1 aromatic carbocycles. The van der Waals surface area contributed by atoms with E-state index in [0.29, 0.717) is 17.3 Å². The number of thioether (sulfide) groups is 1. The van der Waals surface area contributed by atoms with Crippen molar-refractivity contribution in [3.8, 4) is 11.6 Å². The lowest BCUT2D eigenvalue weighted by molar-refractivity contribution is 0.572. The van der Waals surface area contributed by atoms with Crippen LogP contribution in [0.2, 0.25) is 0 Å². The van der Waals surface area contributed by atoms with Crippen molar-refractivity contribution in [1.29, 1.82) is 0 Å². The second-order valence-electron chi connectivity index (χ2n) is 6.24. The highest BCUT2D eigenvalue weighted by Gasteiger charge is 2.14. The van der Waals surface area contributed by atoms with Gasteiger partial charge in [0.05, 0.1) is 11.8 Å². The summed E-state index contributed by atoms with van der Waals surface area (Å²) in [5.41, 5.74) is 3.87. The summed E-state index contributed by atoms with van der Waals surface area (Å²) in [5, 5.41) is 9.94. The zero-order valence-corrected chi connectivity index (χ0v) is 15.6. The standard InChI is InChI=1S/C19H18N4O2S/c1-11-6-7-12(2)17-16(11)14(24)9-13(20-17)10-26-19-22-21-18(23(19)3)15-5-4-8-25-15/h4-9H,10H2,1-3H3,(H,20,24). The van der Waals surface area contributed by atoms with E-state index in [1.807, 2.05) is 49.7 Å². The fourth-order valence-electron chi connectivity index (χ4n) is 3.00. The molecule has 0 aliphatic heterocycles. The highest BCUT2D eigenvalue weighted by atomic mass is 32.2. The summed E-state index contributed by atoms with van der Waals surface area (Å²) in [7, 11) is 1.90. The van der Waals surface area contributed by atoms with Crippen LogP contribution in [0.4, 0.5) is 0 Å². The van der Waals surface area contributed by atoms with Crippen molar-refractivity contribution in [3.63, 3.8) is 0 Å². The van der Waals surface area contributed by atoms with Crippen LogP contribution < -0.4 is 5.43 Å². The number of fused-ring (bicyclic) bond motifs is 1. The molecule has 1 N–H and O–H groups in total. The number of nitrogens with one attached hydrogen (secondary N) is 1. The number of aromatic nitrogens is 4. The van der Waals surface area contributed by atoms with E-state index >= 15 is 0 Å². The number of hydrogen-bond donors (Lipinski definition) is 1. The van der Waals surface area contributed by atoms with E-state index in [2.05, 4.69) is 15.2 Å². The Morgan fingerprint density at radius 1 is 1.19 bits per heavy atom. The molecule has 3 aromatic heterocycles. The van der Waals surface area contributed by atoms with Crippen LogP contribution in [0, 0.1) is 13.8 Å². The van der Waals surface area contributed by atoms with Crippen molar-refractivity contribution in [2.24, 2.45) is 7.05 Å². The Labute approximate surface area is 154 Å². The Kier molecular flexibility index (Phi) is 4.16. The summed E-state index contributed by atoms with van der Waals surface area (Å²) >= 11 is 1.52.